The second-order valence-corrected chi connectivity index (χ2v) is 16.2. The van der Waals surface area contributed by atoms with Crippen molar-refractivity contribution in [2.24, 2.45) is 0 Å². The van der Waals surface area contributed by atoms with Gasteiger partial charge in [0.1, 0.15) is 19.8 Å². The van der Waals surface area contributed by atoms with Gasteiger partial charge in [-0.05, 0) is 51.4 Å². The van der Waals surface area contributed by atoms with E-state index in [9.17, 15) is 19.0 Å². The summed E-state index contributed by atoms with van der Waals surface area (Å²) < 4.78 is 33.8. The van der Waals surface area contributed by atoms with Crippen molar-refractivity contribution in [1.29, 1.82) is 0 Å². The molecule has 58 heavy (non-hydrogen) atoms. The maximum absolute atomic E-state index is 12.7. The number of rotatable bonds is 36. The van der Waals surface area contributed by atoms with Crippen molar-refractivity contribution in [2.75, 3.05) is 47.5 Å². The number of carbonyl (C=O) groups is 2. The van der Waals surface area contributed by atoms with Gasteiger partial charge in [-0.15, -0.1) is 0 Å². The summed E-state index contributed by atoms with van der Waals surface area (Å²) in [6, 6.07) is 0. The van der Waals surface area contributed by atoms with E-state index in [0.29, 0.717) is 23.9 Å². The summed E-state index contributed by atoms with van der Waals surface area (Å²) in [4.78, 5) is 37.5. The van der Waals surface area contributed by atoms with Crippen molar-refractivity contribution >= 4 is 19.8 Å². The van der Waals surface area contributed by atoms with E-state index in [1.54, 1.807) is 0 Å². The summed E-state index contributed by atoms with van der Waals surface area (Å²) in [5.41, 5.74) is 0. The van der Waals surface area contributed by atoms with Crippen molar-refractivity contribution in [1.82, 2.24) is 0 Å². The highest BCUT2D eigenvalue weighted by atomic mass is 31.2. The summed E-state index contributed by atoms with van der Waals surface area (Å²) >= 11 is 0. The van der Waals surface area contributed by atoms with Crippen molar-refractivity contribution < 1.29 is 42.1 Å². The van der Waals surface area contributed by atoms with E-state index in [4.69, 9.17) is 18.5 Å². The highest BCUT2D eigenvalue weighted by Crippen LogP contribution is 2.38. The van der Waals surface area contributed by atoms with Gasteiger partial charge in [-0.3, -0.25) is 14.2 Å². The van der Waals surface area contributed by atoms with Crippen molar-refractivity contribution in [3.63, 3.8) is 0 Å². The van der Waals surface area contributed by atoms with Crippen LogP contribution in [0.4, 0.5) is 0 Å². The fourth-order valence-electron chi connectivity index (χ4n) is 4.93. The molecule has 1 unspecified atom stereocenters. The number of allylic oxidation sites excluding steroid dienone is 20. The van der Waals surface area contributed by atoms with E-state index < -0.39 is 32.5 Å². The lowest BCUT2D eigenvalue weighted by molar-refractivity contribution is -0.870. The van der Waals surface area contributed by atoms with Crippen LogP contribution in [0.5, 0.6) is 0 Å². The van der Waals surface area contributed by atoms with Crippen LogP contribution in [0.25, 0.3) is 0 Å². The average Bonchev–Trinajstić information content (AvgIpc) is 3.17. The summed E-state index contributed by atoms with van der Waals surface area (Å²) in [6.45, 7) is 3.84. The average molecular weight is 826 g/mol. The number of carbonyl (C=O) groups excluding carboxylic acids is 2. The molecule has 326 valence electrons. The molecule has 0 saturated carbocycles. The molecule has 0 radical (unpaired) electrons. The molecule has 0 rings (SSSR count). The molecule has 0 aliphatic heterocycles. The maximum Gasteiger partial charge on any atom is 0.306 e. The van der Waals surface area contributed by atoms with Gasteiger partial charge < -0.3 is 27.9 Å². The van der Waals surface area contributed by atoms with E-state index in [1.165, 1.54) is 0 Å². The monoisotopic (exact) mass is 826 g/mol. The molecule has 0 aromatic heterocycles. The Morgan fingerprint density at radius 2 is 0.931 bits per heavy atom. The van der Waals surface area contributed by atoms with Crippen LogP contribution >= 0.6 is 7.82 Å². The van der Waals surface area contributed by atoms with Gasteiger partial charge in [0, 0.05) is 12.8 Å². The Labute approximate surface area is 352 Å². The van der Waals surface area contributed by atoms with Crippen LogP contribution in [0.1, 0.15) is 117 Å². The number of ether oxygens (including phenoxy) is 2. The molecule has 0 spiro atoms. The van der Waals surface area contributed by atoms with E-state index in [2.05, 4.69) is 50.3 Å². The number of hydrogen-bond acceptors (Lipinski definition) is 8. The fourth-order valence-corrected chi connectivity index (χ4v) is 5.66. The minimum atomic E-state index is -4.65. The predicted octanol–water partition coefficient (Wildman–Crippen LogP) is 11.5. The summed E-state index contributed by atoms with van der Waals surface area (Å²) in [6.07, 6.45) is 53.6. The largest absolute Gasteiger partial charge is 0.756 e. The number of nitrogens with zero attached hydrogens (tertiary/aromatic N) is 1. The summed E-state index contributed by atoms with van der Waals surface area (Å²) in [7, 11) is 1.10. The van der Waals surface area contributed by atoms with Crippen LogP contribution in [0, 0.1) is 0 Å². The molecule has 0 N–H and O–H groups in total. The highest BCUT2D eigenvalue weighted by molar-refractivity contribution is 7.45. The lowest BCUT2D eigenvalue weighted by Gasteiger charge is -2.28. The Morgan fingerprint density at radius 3 is 1.38 bits per heavy atom. The van der Waals surface area contributed by atoms with Crippen molar-refractivity contribution in [3.8, 4) is 0 Å². The smallest absolute Gasteiger partial charge is 0.306 e. The molecule has 0 amide bonds. The Kier molecular flexibility index (Phi) is 36.5. The number of hydrogen-bond donors (Lipinski definition) is 0. The molecule has 0 aliphatic rings. The first-order valence-corrected chi connectivity index (χ1v) is 22.8. The first-order valence-electron chi connectivity index (χ1n) is 21.4. The van der Waals surface area contributed by atoms with Crippen molar-refractivity contribution in [2.45, 2.75) is 123 Å². The van der Waals surface area contributed by atoms with Crippen LogP contribution in [0.3, 0.4) is 0 Å². The zero-order valence-electron chi connectivity index (χ0n) is 36.4. The van der Waals surface area contributed by atoms with E-state index in [0.717, 1.165) is 77.0 Å². The number of likely N-dealkylation sites (N-methyl/N-ethyl adjacent to an activating group) is 1. The van der Waals surface area contributed by atoms with Crippen LogP contribution in [0.2, 0.25) is 0 Å². The van der Waals surface area contributed by atoms with Gasteiger partial charge in [-0.1, -0.05) is 174 Å². The van der Waals surface area contributed by atoms with Crippen LogP contribution < -0.4 is 4.89 Å². The Hall–Kier alpha value is -3.59. The molecule has 2 atom stereocenters. The molecule has 0 fully saturated rings. The zero-order valence-corrected chi connectivity index (χ0v) is 37.3. The second kappa shape index (κ2) is 38.9. The van der Waals surface area contributed by atoms with Gasteiger partial charge in [0.05, 0.1) is 27.7 Å². The first kappa shape index (κ1) is 54.4. The lowest BCUT2D eigenvalue weighted by atomic mass is 10.1. The third-order valence-corrected chi connectivity index (χ3v) is 9.20. The number of quaternary nitrogens is 1. The Bertz CT molecular complexity index is 1390. The Balaban J connectivity index is 4.52. The molecule has 10 heteroatoms. The topological polar surface area (TPSA) is 111 Å². The van der Waals surface area contributed by atoms with Gasteiger partial charge in [-0.2, -0.15) is 0 Å². The highest BCUT2D eigenvalue weighted by Gasteiger charge is 2.21. The van der Waals surface area contributed by atoms with Crippen LogP contribution in [-0.4, -0.2) is 70.0 Å². The lowest BCUT2D eigenvalue weighted by Crippen LogP contribution is -2.37. The number of esters is 2. The zero-order chi connectivity index (χ0) is 42.8. The third-order valence-electron chi connectivity index (χ3n) is 8.23. The number of phosphoric ester groups is 1. The molecule has 0 heterocycles. The molecular weight excluding hydrogens is 750 g/mol. The van der Waals surface area contributed by atoms with E-state index >= 15 is 0 Å². The van der Waals surface area contributed by atoms with Gasteiger partial charge >= 0.3 is 11.9 Å². The predicted molar refractivity (Wildman–Crippen MR) is 240 cm³/mol. The van der Waals surface area contributed by atoms with E-state index in [1.807, 2.05) is 106 Å². The van der Waals surface area contributed by atoms with Gasteiger partial charge in [0.2, 0.25) is 0 Å². The number of phosphoric acid groups is 1. The van der Waals surface area contributed by atoms with Gasteiger partial charge in [-0.25, -0.2) is 0 Å². The van der Waals surface area contributed by atoms with Gasteiger partial charge in [0.15, 0.2) is 6.10 Å². The van der Waals surface area contributed by atoms with E-state index in [-0.39, 0.29) is 26.1 Å². The number of unbranched alkanes of at least 4 members (excludes halogenated alkanes) is 10. The SMILES string of the molecule is CC/C=C/C=C/C=C/C=C/C=C/CCCCCCCC(=O)OC[C@H](COP(=O)([O-])OCC[N+](C)(C)C)OC(=O)CCCCCCC/C=C/C=C/C=C/C=C/C=C/CC. The van der Waals surface area contributed by atoms with Gasteiger partial charge in [0.25, 0.3) is 7.82 Å². The molecule has 0 aromatic rings. The second-order valence-electron chi connectivity index (χ2n) is 14.8. The molecule has 0 saturated heterocycles. The Morgan fingerprint density at radius 1 is 0.534 bits per heavy atom. The molecule has 0 bridgehead atoms. The third kappa shape index (κ3) is 42.0. The molecule has 0 aromatic carbocycles. The minimum Gasteiger partial charge on any atom is -0.756 e. The molecule has 9 nitrogen and oxygen atoms in total. The van der Waals surface area contributed by atoms with Crippen LogP contribution in [0.15, 0.2) is 122 Å². The summed E-state index contributed by atoms with van der Waals surface area (Å²) in [5, 5.41) is 0. The maximum atomic E-state index is 12.7. The van der Waals surface area contributed by atoms with Crippen molar-refractivity contribution in [3.05, 3.63) is 122 Å². The van der Waals surface area contributed by atoms with Crippen LogP contribution in [-0.2, 0) is 32.7 Å². The molecular formula is C48H76NO8P. The molecule has 0 aliphatic carbocycles. The first-order chi connectivity index (χ1) is 28.0. The fraction of sp³-hybridized carbons (Fsp3) is 0.542. The quantitative estimate of drug-likeness (QED) is 0.0202. The normalized spacial score (nSPS) is 14.8. The minimum absolute atomic E-state index is 0.0495. The summed E-state index contributed by atoms with van der Waals surface area (Å²) in [5.74, 6) is -0.910. The standard InChI is InChI=1S/C48H76NO8P/c1-6-8-10-12-14-16-18-20-22-24-26-28-30-32-34-36-38-40-47(50)54-44-46(45-56-58(52,53)55-43-42-49(3,4)5)57-48(51)41-39-37-35-33-31-29-27-25-23-21-19-17-15-13-11-9-7-2/h8-27,46H,6-7,28-45H2,1-5H3/b10-8+,11-9+,14-12+,15-13+,18-16+,19-17+,22-20+,23-21+,26-24+,27-25+/t46-/m1/s1.